The van der Waals surface area contributed by atoms with Gasteiger partial charge in [0.1, 0.15) is 15.7 Å². The summed E-state index contributed by atoms with van der Waals surface area (Å²) >= 11 is 7.43. The summed E-state index contributed by atoms with van der Waals surface area (Å²) < 4.78 is 36.0. The van der Waals surface area contributed by atoms with Crippen LogP contribution in [0.2, 0.25) is 5.02 Å². The summed E-state index contributed by atoms with van der Waals surface area (Å²) in [5.74, 6) is 0.451. The smallest absolute Gasteiger partial charge is 0.263 e. The van der Waals surface area contributed by atoms with Gasteiger partial charge in [-0.1, -0.05) is 35.9 Å². The third-order valence-electron chi connectivity index (χ3n) is 4.99. The molecule has 0 atom stereocenters. The quantitative estimate of drug-likeness (QED) is 0.396. The van der Waals surface area contributed by atoms with E-state index >= 15 is 0 Å². The zero-order chi connectivity index (χ0) is 22.2. The first kappa shape index (κ1) is 21.4. The Morgan fingerprint density at radius 3 is 2.55 bits per heavy atom. The maximum absolute atomic E-state index is 13.1. The third-order valence-corrected chi connectivity index (χ3v) is 7.59. The minimum absolute atomic E-state index is 0.194. The predicted octanol–water partition coefficient (Wildman–Crippen LogP) is 5.59. The Labute approximate surface area is 190 Å². The number of aromatic nitrogens is 2. The lowest BCUT2D eigenvalue weighted by atomic mass is 10.2. The number of halogens is 1. The second kappa shape index (κ2) is 8.37. The van der Waals surface area contributed by atoms with Gasteiger partial charge in [0.05, 0.1) is 24.2 Å². The van der Waals surface area contributed by atoms with E-state index in [4.69, 9.17) is 21.3 Å². The number of benzene rings is 2. The fourth-order valence-corrected chi connectivity index (χ4v) is 5.59. The van der Waals surface area contributed by atoms with E-state index in [0.717, 1.165) is 22.0 Å². The van der Waals surface area contributed by atoms with Crippen LogP contribution in [0.3, 0.4) is 0 Å². The summed E-state index contributed by atoms with van der Waals surface area (Å²) in [5, 5.41) is 3.34. The number of anilines is 1. The van der Waals surface area contributed by atoms with Crippen LogP contribution < -0.4 is 9.46 Å². The Bertz CT molecular complexity index is 1340. The molecule has 0 aliphatic rings. The molecule has 0 bridgehead atoms. The van der Waals surface area contributed by atoms with E-state index in [2.05, 4.69) is 4.72 Å². The molecule has 2 heterocycles. The van der Waals surface area contributed by atoms with Crippen LogP contribution in [0.4, 0.5) is 5.69 Å². The molecule has 0 fully saturated rings. The summed E-state index contributed by atoms with van der Waals surface area (Å²) in [6, 6.07) is 16.0. The molecule has 4 aromatic rings. The Morgan fingerprint density at radius 2 is 1.84 bits per heavy atom. The fraction of sp³-hybridized carbons (Fsp3) is 0.136. The first-order valence-electron chi connectivity index (χ1n) is 9.34. The normalized spacial score (nSPS) is 11.5. The highest BCUT2D eigenvalue weighted by atomic mass is 35.5. The van der Waals surface area contributed by atoms with Crippen LogP contribution in [-0.4, -0.2) is 25.1 Å². The zero-order valence-corrected chi connectivity index (χ0v) is 19.5. The van der Waals surface area contributed by atoms with E-state index in [-0.39, 0.29) is 4.90 Å². The van der Waals surface area contributed by atoms with Gasteiger partial charge < -0.3 is 9.30 Å². The van der Waals surface area contributed by atoms with Crippen molar-refractivity contribution in [2.75, 3.05) is 11.8 Å². The molecule has 9 heteroatoms. The van der Waals surface area contributed by atoms with Crippen LogP contribution in [0.5, 0.6) is 5.75 Å². The van der Waals surface area contributed by atoms with Gasteiger partial charge in [0.15, 0.2) is 0 Å². The highest BCUT2D eigenvalue weighted by molar-refractivity contribution is 7.92. The maximum Gasteiger partial charge on any atom is 0.263 e. The van der Waals surface area contributed by atoms with Crippen molar-refractivity contribution in [1.82, 2.24) is 9.55 Å². The van der Waals surface area contributed by atoms with Crippen molar-refractivity contribution in [2.24, 2.45) is 7.05 Å². The number of nitrogens with zero attached hydrogens (tertiary/aromatic N) is 2. The van der Waals surface area contributed by atoms with Crippen molar-refractivity contribution >= 4 is 38.6 Å². The Kier molecular flexibility index (Phi) is 5.79. The van der Waals surface area contributed by atoms with E-state index in [0.29, 0.717) is 22.2 Å². The van der Waals surface area contributed by atoms with E-state index in [1.165, 1.54) is 18.4 Å². The van der Waals surface area contributed by atoms with Crippen molar-refractivity contribution < 1.29 is 13.2 Å². The van der Waals surface area contributed by atoms with Gasteiger partial charge >= 0.3 is 0 Å². The van der Waals surface area contributed by atoms with Gasteiger partial charge in [-0.15, -0.1) is 11.3 Å². The first-order valence-corrected chi connectivity index (χ1v) is 12.1. The molecule has 2 aromatic carbocycles. The monoisotopic (exact) mass is 473 g/mol. The van der Waals surface area contributed by atoms with Crippen molar-refractivity contribution in [1.29, 1.82) is 0 Å². The third kappa shape index (κ3) is 4.19. The van der Waals surface area contributed by atoms with Gasteiger partial charge in [0.25, 0.3) is 10.0 Å². The standard InChI is InChI=1S/C22H20ClN3O3S2/c1-14-21(31(27,28)25-17-6-4-5-7-20(17)29-3)12-19(26(14)2)22-24-18(13-30-22)15-8-10-16(23)11-9-15/h4-13,25H,1-3H3. The summed E-state index contributed by atoms with van der Waals surface area (Å²) in [6.07, 6.45) is 0. The topological polar surface area (TPSA) is 73.2 Å². The van der Waals surface area contributed by atoms with Gasteiger partial charge in [0, 0.05) is 28.7 Å². The van der Waals surface area contributed by atoms with E-state index < -0.39 is 10.0 Å². The number of rotatable bonds is 6. The second-order valence-corrected chi connectivity index (χ2v) is 9.83. The minimum atomic E-state index is -3.83. The Balaban J connectivity index is 1.69. The number of sulfonamides is 1. The molecule has 0 amide bonds. The molecule has 0 spiro atoms. The SMILES string of the molecule is COc1ccccc1NS(=O)(=O)c1cc(-c2nc(-c3ccc(Cl)cc3)cs2)n(C)c1C. The summed E-state index contributed by atoms with van der Waals surface area (Å²) in [4.78, 5) is 4.90. The molecule has 160 valence electrons. The van der Waals surface area contributed by atoms with Crippen molar-refractivity contribution in [3.05, 3.63) is 70.7 Å². The summed E-state index contributed by atoms with van der Waals surface area (Å²) in [5.41, 5.74) is 3.48. The van der Waals surface area contributed by atoms with Gasteiger partial charge in [-0.05, 0) is 37.3 Å². The summed E-state index contributed by atoms with van der Waals surface area (Å²) in [7, 11) is -0.496. The van der Waals surface area contributed by atoms with Gasteiger partial charge in [-0.3, -0.25) is 4.72 Å². The number of thiazole rings is 1. The average molecular weight is 474 g/mol. The van der Waals surface area contributed by atoms with Crippen LogP contribution >= 0.6 is 22.9 Å². The number of ether oxygens (including phenoxy) is 1. The van der Waals surface area contributed by atoms with Gasteiger partial charge in [-0.25, -0.2) is 13.4 Å². The maximum atomic E-state index is 13.1. The lowest BCUT2D eigenvalue weighted by Gasteiger charge is -2.11. The van der Waals surface area contributed by atoms with Crippen LogP contribution in [0.15, 0.2) is 64.9 Å². The van der Waals surface area contributed by atoms with E-state index in [9.17, 15) is 8.42 Å². The van der Waals surface area contributed by atoms with Crippen LogP contribution in [0.25, 0.3) is 22.0 Å². The number of hydrogen-bond acceptors (Lipinski definition) is 5. The molecule has 0 saturated heterocycles. The van der Waals surface area contributed by atoms with Crippen LogP contribution in [-0.2, 0) is 17.1 Å². The lowest BCUT2D eigenvalue weighted by Crippen LogP contribution is -2.14. The highest BCUT2D eigenvalue weighted by Gasteiger charge is 2.24. The minimum Gasteiger partial charge on any atom is -0.495 e. The molecular weight excluding hydrogens is 454 g/mol. The van der Waals surface area contributed by atoms with Gasteiger partial charge in [0.2, 0.25) is 0 Å². The molecule has 0 aliphatic heterocycles. The molecule has 2 aromatic heterocycles. The van der Waals surface area contributed by atoms with E-state index in [1.54, 1.807) is 37.3 Å². The van der Waals surface area contributed by atoms with Crippen molar-refractivity contribution in [2.45, 2.75) is 11.8 Å². The second-order valence-electron chi connectivity index (χ2n) is 6.89. The van der Waals surface area contributed by atoms with Gasteiger partial charge in [-0.2, -0.15) is 0 Å². The molecule has 6 nitrogen and oxygen atoms in total. The fourth-order valence-electron chi connectivity index (χ4n) is 3.22. The first-order chi connectivity index (χ1) is 14.8. The number of methoxy groups -OCH3 is 1. The molecule has 0 aliphatic carbocycles. The predicted molar refractivity (Wildman–Crippen MR) is 126 cm³/mol. The lowest BCUT2D eigenvalue weighted by molar-refractivity contribution is 0.417. The number of nitrogens with one attached hydrogen (secondary N) is 1. The highest BCUT2D eigenvalue weighted by Crippen LogP contribution is 2.34. The van der Waals surface area contributed by atoms with Crippen LogP contribution in [0, 0.1) is 6.92 Å². The molecule has 4 rings (SSSR count). The van der Waals surface area contributed by atoms with Crippen LogP contribution in [0.1, 0.15) is 5.69 Å². The molecular formula is C22H20ClN3O3S2. The van der Waals surface area contributed by atoms with Crippen molar-refractivity contribution in [3.8, 4) is 27.7 Å². The number of para-hydroxylation sites is 2. The largest absolute Gasteiger partial charge is 0.495 e. The summed E-state index contributed by atoms with van der Waals surface area (Å²) in [6.45, 7) is 1.77. The zero-order valence-electron chi connectivity index (χ0n) is 17.1. The van der Waals surface area contributed by atoms with Crippen molar-refractivity contribution in [3.63, 3.8) is 0 Å². The molecule has 0 radical (unpaired) electrons. The number of hydrogen-bond donors (Lipinski definition) is 1. The van der Waals surface area contributed by atoms with E-state index in [1.807, 2.05) is 41.3 Å². The Morgan fingerprint density at radius 1 is 1.13 bits per heavy atom. The average Bonchev–Trinajstić information content (AvgIpc) is 3.34. The molecule has 0 unspecified atom stereocenters. The molecule has 1 N–H and O–H groups in total. The molecule has 31 heavy (non-hydrogen) atoms. The Hall–Kier alpha value is -2.81. The molecule has 0 saturated carbocycles.